The molecule has 0 saturated carbocycles. The normalized spacial score (nSPS) is 12.0. The van der Waals surface area contributed by atoms with Crippen LogP contribution in [0.1, 0.15) is 34.5 Å². The predicted molar refractivity (Wildman–Crippen MR) is 118 cm³/mol. The molecule has 0 aliphatic carbocycles. The van der Waals surface area contributed by atoms with Crippen molar-refractivity contribution in [2.75, 3.05) is 0 Å². The second-order valence-electron chi connectivity index (χ2n) is 6.83. The number of non-ortho nitro benzene ring substituents is 1. The first-order valence-corrected chi connectivity index (χ1v) is 9.62. The Morgan fingerprint density at radius 2 is 1.48 bits per heavy atom. The van der Waals surface area contributed by atoms with Gasteiger partial charge < -0.3 is 10.6 Å². The van der Waals surface area contributed by atoms with Crippen molar-refractivity contribution >= 4 is 23.6 Å². The van der Waals surface area contributed by atoms with E-state index in [-0.39, 0.29) is 17.4 Å². The lowest BCUT2D eigenvalue weighted by molar-refractivity contribution is -0.384. The van der Waals surface area contributed by atoms with Crippen molar-refractivity contribution in [3.05, 3.63) is 117 Å². The number of nitro benzene ring substituents is 1. The Morgan fingerprint density at radius 1 is 0.903 bits per heavy atom. The van der Waals surface area contributed by atoms with Crippen molar-refractivity contribution in [3.63, 3.8) is 0 Å². The van der Waals surface area contributed by atoms with Gasteiger partial charge in [0.05, 0.1) is 11.0 Å². The van der Waals surface area contributed by atoms with E-state index in [2.05, 4.69) is 10.6 Å². The van der Waals surface area contributed by atoms with Crippen molar-refractivity contribution in [1.29, 1.82) is 0 Å². The van der Waals surface area contributed by atoms with Crippen LogP contribution in [0.3, 0.4) is 0 Å². The van der Waals surface area contributed by atoms with E-state index in [0.717, 1.165) is 5.56 Å². The average Bonchev–Trinajstić information content (AvgIpc) is 2.80. The lowest BCUT2D eigenvalue weighted by Gasteiger charge is -2.17. The molecule has 3 aromatic carbocycles. The largest absolute Gasteiger partial charge is 0.344 e. The lowest BCUT2D eigenvalue weighted by Crippen LogP contribution is -2.36. The fourth-order valence-corrected chi connectivity index (χ4v) is 2.90. The van der Waals surface area contributed by atoms with E-state index in [1.54, 1.807) is 30.3 Å². The maximum atomic E-state index is 13.0. The van der Waals surface area contributed by atoms with Crippen molar-refractivity contribution in [2.24, 2.45) is 0 Å². The van der Waals surface area contributed by atoms with E-state index >= 15 is 0 Å². The van der Waals surface area contributed by atoms with Gasteiger partial charge in [0.1, 0.15) is 5.70 Å². The third-order valence-electron chi connectivity index (χ3n) is 4.59. The smallest absolute Gasteiger partial charge is 0.269 e. The molecule has 0 heterocycles. The molecule has 156 valence electrons. The predicted octanol–water partition coefficient (Wildman–Crippen LogP) is 4.24. The molecule has 2 amide bonds. The Labute approximate surface area is 179 Å². The third kappa shape index (κ3) is 5.86. The van der Waals surface area contributed by atoms with E-state index in [9.17, 15) is 19.7 Å². The zero-order valence-electron chi connectivity index (χ0n) is 16.8. The zero-order chi connectivity index (χ0) is 22.2. The van der Waals surface area contributed by atoms with Crippen LogP contribution in [-0.2, 0) is 4.79 Å². The van der Waals surface area contributed by atoms with Crippen LogP contribution in [0.4, 0.5) is 5.69 Å². The number of amides is 2. The Hall–Kier alpha value is -4.26. The second kappa shape index (κ2) is 9.98. The van der Waals surface area contributed by atoms with Crippen LogP contribution in [0.5, 0.6) is 0 Å². The van der Waals surface area contributed by atoms with Crippen LogP contribution < -0.4 is 10.6 Å². The summed E-state index contributed by atoms with van der Waals surface area (Å²) in [7, 11) is 0. The summed E-state index contributed by atoms with van der Waals surface area (Å²) in [5, 5.41) is 16.4. The van der Waals surface area contributed by atoms with Gasteiger partial charge in [-0.2, -0.15) is 0 Å². The molecular formula is C24H21N3O4. The highest BCUT2D eigenvalue weighted by molar-refractivity contribution is 6.05. The summed E-state index contributed by atoms with van der Waals surface area (Å²) in [6.07, 6.45) is 1.48. The molecule has 0 aliphatic rings. The minimum absolute atomic E-state index is 0.0329. The van der Waals surface area contributed by atoms with Gasteiger partial charge in [0.2, 0.25) is 0 Å². The number of nitrogens with one attached hydrogen (secondary N) is 2. The molecule has 3 aromatic rings. The maximum absolute atomic E-state index is 13.0. The Kier molecular flexibility index (Phi) is 6.90. The fraction of sp³-hybridized carbons (Fsp3) is 0.0833. The minimum Gasteiger partial charge on any atom is -0.344 e. The first kappa shape index (κ1) is 21.4. The minimum atomic E-state index is -0.500. The number of nitrogens with zero attached hydrogens (tertiary/aromatic N) is 1. The molecule has 0 aromatic heterocycles. The van der Waals surface area contributed by atoms with Crippen molar-refractivity contribution in [2.45, 2.75) is 13.0 Å². The fourth-order valence-electron chi connectivity index (χ4n) is 2.90. The van der Waals surface area contributed by atoms with Gasteiger partial charge in [-0.1, -0.05) is 48.5 Å². The van der Waals surface area contributed by atoms with Crippen molar-refractivity contribution in [1.82, 2.24) is 10.6 Å². The van der Waals surface area contributed by atoms with E-state index < -0.39 is 16.7 Å². The maximum Gasteiger partial charge on any atom is 0.269 e. The number of hydrogen-bond acceptors (Lipinski definition) is 4. The molecule has 31 heavy (non-hydrogen) atoms. The monoisotopic (exact) mass is 415 g/mol. The summed E-state index contributed by atoms with van der Waals surface area (Å²) in [6, 6.07) is 23.4. The summed E-state index contributed by atoms with van der Waals surface area (Å²) in [6.45, 7) is 1.84. The first-order chi connectivity index (χ1) is 14.9. The summed E-state index contributed by atoms with van der Waals surface area (Å²) in [4.78, 5) is 36.0. The second-order valence-corrected chi connectivity index (χ2v) is 6.83. The highest BCUT2D eigenvalue weighted by Gasteiger charge is 2.17. The van der Waals surface area contributed by atoms with Gasteiger partial charge in [-0.15, -0.1) is 0 Å². The van der Waals surface area contributed by atoms with Crippen molar-refractivity contribution in [3.8, 4) is 0 Å². The van der Waals surface area contributed by atoms with Gasteiger partial charge in [-0.25, -0.2) is 0 Å². The van der Waals surface area contributed by atoms with Gasteiger partial charge >= 0.3 is 0 Å². The molecule has 7 heteroatoms. The average molecular weight is 415 g/mol. The molecule has 0 fully saturated rings. The van der Waals surface area contributed by atoms with Crippen LogP contribution in [0.15, 0.2) is 90.6 Å². The molecule has 0 bridgehead atoms. The highest BCUT2D eigenvalue weighted by atomic mass is 16.6. The van der Waals surface area contributed by atoms with Crippen molar-refractivity contribution < 1.29 is 14.5 Å². The highest BCUT2D eigenvalue weighted by Crippen LogP contribution is 2.16. The van der Waals surface area contributed by atoms with Gasteiger partial charge in [0.15, 0.2) is 0 Å². The number of nitro groups is 1. The van der Waals surface area contributed by atoms with Gasteiger partial charge in [-0.05, 0) is 48.4 Å². The molecule has 0 radical (unpaired) electrons. The Morgan fingerprint density at radius 3 is 2.06 bits per heavy atom. The first-order valence-electron chi connectivity index (χ1n) is 9.62. The molecule has 2 N–H and O–H groups in total. The van der Waals surface area contributed by atoms with E-state index in [1.807, 2.05) is 37.3 Å². The topological polar surface area (TPSA) is 101 Å². The molecule has 0 aliphatic heterocycles. The third-order valence-corrected chi connectivity index (χ3v) is 4.59. The summed E-state index contributed by atoms with van der Waals surface area (Å²) in [5.74, 6) is -0.907. The van der Waals surface area contributed by atoms with E-state index in [0.29, 0.717) is 11.1 Å². The number of carbonyl (C=O) groups excluding carboxylic acids is 2. The molecule has 3 rings (SSSR count). The van der Waals surface area contributed by atoms with Gasteiger partial charge in [0, 0.05) is 17.7 Å². The molecular weight excluding hydrogens is 394 g/mol. The SMILES string of the molecule is C[C@@H](NC(=O)/C(=C/c1ccc([N+](=O)[O-])cc1)NC(=O)c1ccccc1)c1ccccc1. The van der Waals surface area contributed by atoms with Crippen LogP contribution in [-0.4, -0.2) is 16.7 Å². The van der Waals surface area contributed by atoms with Crippen LogP contribution in [0.25, 0.3) is 6.08 Å². The summed E-state index contributed by atoms with van der Waals surface area (Å²) >= 11 is 0. The molecule has 0 spiro atoms. The quantitative estimate of drug-likeness (QED) is 0.342. The molecule has 7 nitrogen and oxygen atoms in total. The number of benzene rings is 3. The number of carbonyl (C=O) groups is 2. The summed E-state index contributed by atoms with van der Waals surface area (Å²) < 4.78 is 0. The summed E-state index contributed by atoms with van der Waals surface area (Å²) in [5.41, 5.74) is 1.83. The van der Waals surface area contributed by atoms with Crippen LogP contribution >= 0.6 is 0 Å². The number of hydrogen-bond donors (Lipinski definition) is 2. The van der Waals surface area contributed by atoms with Crippen LogP contribution in [0.2, 0.25) is 0 Å². The Bertz CT molecular complexity index is 1090. The lowest BCUT2D eigenvalue weighted by atomic mass is 10.1. The molecule has 1 atom stereocenters. The zero-order valence-corrected chi connectivity index (χ0v) is 16.8. The Balaban J connectivity index is 1.86. The van der Waals surface area contributed by atoms with E-state index in [1.165, 1.54) is 30.3 Å². The van der Waals surface area contributed by atoms with Gasteiger partial charge in [0.25, 0.3) is 17.5 Å². The van der Waals surface area contributed by atoms with Crippen LogP contribution in [0, 0.1) is 10.1 Å². The molecule has 0 unspecified atom stereocenters. The standard InChI is InChI=1S/C24H21N3O4/c1-17(19-8-4-2-5-9-19)25-24(29)22(26-23(28)20-10-6-3-7-11-20)16-18-12-14-21(15-13-18)27(30)31/h2-17H,1H3,(H,25,29)(H,26,28)/b22-16-/t17-/m1/s1. The van der Waals surface area contributed by atoms with E-state index in [4.69, 9.17) is 0 Å². The molecule has 0 saturated heterocycles. The number of rotatable bonds is 7. The van der Waals surface area contributed by atoms with Gasteiger partial charge in [-0.3, -0.25) is 19.7 Å².